The molecule has 0 spiro atoms. The van der Waals surface area contributed by atoms with E-state index in [0.29, 0.717) is 0 Å². The summed E-state index contributed by atoms with van der Waals surface area (Å²) in [4.78, 5) is 13.1. The maximum Gasteiger partial charge on any atom is 0.410 e. The number of nitrogens with one attached hydrogen (secondary N) is 1. The third kappa shape index (κ3) is 3.18. The van der Waals surface area contributed by atoms with Gasteiger partial charge in [0, 0.05) is 13.1 Å². The molecule has 0 aromatic carbocycles. The highest BCUT2D eigenvalue weighted by atomic mass is 16.6. The van der Waals surface area contributed by atoms with E-state index in [1.54, 1.807) is 4.90 Å². The summed E-state index contributed by atoms with van der Waals surface area (Å²) in [6.45, 7) is 4.48. The monoisotopic (exact) mass is 200 g/mol. The fraction of sp³-hybridized carbons (Fsp3) is 0.900. The number of unbranched alkanes of at least 4 members (excludes halogenated alkanes) is 2. The Balaban J connectivity index is 2.22. The number of ether oxygens (including phenoxy) is 1. The van der Waals surface area contributed by atoms with Crippen molar-refractivity contribution in [2.45, 2.75) is 32.3 Å². The lowest BCUT2D eigenvalue weighted by Crippen LogP contribution is -2.29. The fourth-order valence-corrected chi connectivity index (χ4v) is 1.64. The van der Waals surface area contributed by atoms with E-state index < -0.39 is 0 Å². The fourth-order valence-electron chi connectivity index (χ4n) is 1.64. The summed E-state index contributed by atoms with van der Waals surface area (Å²) < 4.78 is 5.17. The molecular weight excluding hydrogens is 180 g/mol. The summed E-state index contributed by atoms with van der Waals surface area (Å²) in [6, 6.07) is 0. The highest BCUT2D eigenvalue weighted by Gasteiger charge is 2.29. The lowest BCUT2D eigenvalue weighted by atomic mass is 10.2. The average Bonchev–Trinajstić information content (AvgIpc) is 2.48. The Bertz CT molecular complexity index is 185. The Hall–Kier alpha value is -0.770. The van der Waals surface area contributed by atoms with Crippen LogP contribution in [0.3, 0.4) is 0 Å². The highest BCUT2D eigenvalue weighted by Crippen LogP contribution is 2.11. The maximum atomic E-state index is 11.3. The number of amides is 1. The second-order valence-corrected chi connectivity index (χ2v) is 3.72. The normalized spacial score (nSPS) is 21.4. The van der Waals surface area contributed by atoms with E-state index in [2.05, 4.69) is 12.2 Å². The van der Waals surface area contributed by atoms with Gasteiger partial charge in [0.15, 0.2) is 0 Å². The first-order chi connectivity index (χ1) is 6.77. The minimum Gasteiger partial charge on any atom is -0.443 e. The van der Waals surface area contributed by atoms with Gasteiger partial charge in [-0.3, -0.25) is 0 Å². The van der Waals surface area contributed by atoms with Gasteiger partial charge >= 0.3 is 6.09 Å². The standard InChI is InChI=1S/C10H20N2O2/c1-3-4-5-6-12-8-9(7-11-2)14-10(12)13/h9,11H,3-8H2,1-2H3. The van der Waals surface area contributed by atoms with Crippen LogP contribution >= 0.6 is 0 Å². The Kier molecular flexibility index (Phi) is 4.73. The zero-order valence-corrected chi connectivity index (χ0v) is 9.08. The Morgan fingerprint density at radius 2 is 2.36 bits per heavy atom. The summed E-state index contributed by atoms with van der Waals surface area (Å²) >= 11 is 0. The van der Waals surface area contributed by atoms with Gasteiger partial charge in [-0.05, 0) is 13.5 Å². The molecule has 0 aromatic heterocycles. The van der Waals surface area contributed by atoms with Gasteiger partial charge in [0.2, 0.25) is 0 Å². The van der Waals surface area contributed by atoms with Crippen molar-refractivity contribution in [3.05, 3.63) is 0 Å². The molecule has 1 unspecified atom stereocenters. The predicted octanol–water partition coefficient (Wildman–Crippen LogP) is 1.22. The van der Waals surface area contributed by atoms with E-state index in [4.69, 9.17) is 4.74 Å². The van der Waals surface area contributed by atoms with Crippen LogP contribution in [-0.4, -0.2) is 43.8 Å². The molecule has 1 atom stereocenters. The van der Waals surface area contributed by atoms with Gasteiger partial charge in [0.1, 0.15) is 6.10 Å². The van der Waals surface area contributed by atoms with Crippen LogP contribution in [0.2, 0.25) is 0 Å². The minimum absolute atomic E-state index is 0.0362. The summed E-state index contributed by atoms with van der Waals surface area (Å²) in [5.74, 6) is 0. The maximum absolute atomic E-state index is 11.3. The van der Waals surface area contributed by atoms with Crippen LogP contribution in [0.4, 0.5) is 4.79 Å². The lowest BCUT2D eigenvalue weighted by molar-refractivity contribution is 0.132. The zero-order valence-electron chi connectivity index (χ0n) is 9.08. The number of cyclic esters (lactones) is 1. The Morgan fingerprint density at radius 3 is 3.00 bits per heavy atom. The molecule has 1 N–H and O–H groups in total. The van der Waals surface area contributed by atoms with E-state index in [0.717, 1.165) is 26.1 Å². The summed E-state index contributed by atoms with van der Waals surface area (Å²) in [6.07, 6.45) is 3.33. The molecule has 1 saturated heterocycles. The molecule has 0 aromatic rings. The van der Waals surface area contributed by atoms with Gasteiger partial charge in [0.05, 0.1) is 6.54 Å². The molecule has 4 heteroatoms. The lowest BCUT2D eigenvalue weighted by Gasteiger charge is -2.11. The first-order valence-corrected chi connectivity index (χ1v) is 5.38. The van der Waals surface area contributed by atoms with Gasteiger partial charge in [0.25, 0.3) is 0 Å². The van der Waals surface area contributed by atoms with Crippen molar-refractivity contribution in [3.63, 3.8) is 0 Å². The molecule has 4 nitrogen and oxygen atoms in total. The van der Waals surface area contributed by atoms with Crippen molar-refractivity contribution in [3.8, 4) is 0 Å². The van der Waals surface area contributed by atoms with Gasteiger partial charge in [-0.1, -0.05) is 19.8 Å². The topological polar surface area (TPSA) is 41.6 Å². The molecule has 1 aliphatic heterocycles. The molecule has 0 bridgehead atoms. The number of nitrogens with zero attached hydrogens (tertiary/aromatic N) is 1. The third-order valence-electron chi connectivity index (χ3n) is 2.41. The number of likely N-dealkylation sites (N-methyl/N-ethyl adjacent to an activating group) is 1. The van der Waals surface area contributed by atoms with E-state index in [9.17, 15) is 4.79 Å². The first kappa shape index (κ1) is 11.3. The number of hydrogen-bond donors (Lipinski definition) is 1. The highest BCUT2D eigenvalue weighted by molar-refractivity contribution is 5.69. The van der Waals surface area contributed by atoms with Crippen molar-refractivity contribution >= 4 is 6.09 Å². The van der Waals surface area contributed by atoms with E-state index in [1.165, 1.54) is 12.8 Å². The third-order valence-corrected chi connectivity index (χ3v) is 2.41. The SMILES string of the molecule is CCCCCN1CC(CNC)OC1=O. The first-order valence-electron chi connectivity index (χ1n) is 5.38. The molecule has 1 fully saturated rings. The molecule has 1 rings (SSSR count). The molecule has 82 valence electrons. The molecular formula is C10H20N2O2. The molecule has 0 radical (unpaired) electrons. The van der Waals surface area contributed by atoms with Crippen molar-refractivity contribution < 1.29 is 9.53 Å². The number of carbonyl (C=O) groups is 1. The number of carbonyl (C=O) groups excluding carboxylic acids is 1. The summed E-state index contributed by atoms with van der Waals surface area (Å²) in [5, 5.41) is 3.01. The Labute approximate surface area is 85.6 Å². The minimum atomic E-state index is -0.152. The zero-order chi connectivity index (χ0) is 10.4. The summed E-state index contributed by atoms with van der Waals surface area (Å²) in [5.41, 5.74) is 0. The summed E-state index contributed by atoms with van der Waals surface area (Å²) in [7, 11) is 1.87. The average molecular weight is 200 g/mol. The van der Waals surface area contributed by atoms with Crippen LogP contribution in [0.25, 0.3) is 0 Å². The van der Waals surface area contributed by atoms with Crippen LogP contribution in [0.5, 0.6) is 0 Å². The number of hydrogen-bond acceptors (Lipinski definition) is 3. The van der Waals surface area contributed by atoms with Gasteiger partial charge in [-0.15, -0.1) is 0 Å². The van der Waals surface area contributed by atoms with Crippen LogP contribution in [0, 0.1) is 0 Å². The van der Waals surface area contributed by atoms with Crippen molar-refractivity contribution in [1.29, 1.82) is 0 Å². The van der Waals surface area contributed by atoms with Crippen molar-refractivity contribution in [2.75, 3.05) is 26.7 Å². The Morgan fingerprint density at radius 1 is 1.57 bits per heavy atom. The van der Waals surface area contributed by atoms with Gasteiger partial charge in [-0.25, -0.2) is 4.79 Å². The van der Waals surface area contributed by atoms with Gasteiger partial charge in [-0.2, -0.15) is 0 Å². The molecule has 1 heterocycles. The molecule has 1 aliphatic rings. The predicted molar refractivity (Wildman–Crippen MR) is 55.3 cm³/mol. The second kappa shape index (κ2) is 5.86. The van der Waals surface area contributed by atoms with E-state index >= 15 is 0 Å². The van der Waals surface area contributed by atoms with E-state index in [-0.39, 0.29) is 12.2 Å². The van der Waals surface area contributed by atoms with Crippen LogP contribution in [-0.2, 0) is 4.74 Å². The smallest absolute Gasteiger partial charge is 0.410 e. The largest absolute Gasteiger partial charge is 0.443 e. The quantitative estimate of drug-likeness (QED) is 0.655. The molecule has 0 saturated carbocycles. The van der Waals surface area contributed by atoms with Gasteiger partial charge < -0.3 is 15.0 Å². The van der Waals surface area contributed by atoms with Crippen LogP contribution in [0.15, 0.2) is 0 Å². The molecule has 0 aliphatic carbocycles. The van der Waals surface area contributed by atoms with Crippen LogP contribution < -0.4 is 5.32 Å². The van der Waals surface area contributed by atoms with Crippen molar-refractivity contribution in [1.82, 2.24) is 10.2 Å². The van der Waals surface area contributed by atoms with E-state index in [1.807, 2.05) is 7.05 Å². The molecule has 14 heavy (non-hydrogen) atoms. The number of rotatable bonds is 6. The second-order valence-electron chi connectivity index (χ2n) is 3.72. The molecule has 1 amide bonds. The van der Waals surface area contributed by atoms with Crippen LogP contribution in [0.1, 0.15) is 26.2 Å². The van der Waals surface area contributed by atoms with Crippen molar-refractivity contribution in [2.24, 2.45) is 0 Å².